The number of hydrogen-bond donors (Lipinski definition) is 2. The van der Waals surface area contributed by atoms with Crippen molar-refractivity contribution >= 4 is 11.9 Å². The quantitative estimate of drug-likeness (QED) is 0.259. The van der Waals surface area contributed by atoms with Crippen LogP contribution in [0.5, 0.6) is 0 Å². The number of aliphatic imine (C=N–C) groups is 1. The number of nitrogens with zero attached hydrogens (tertiary/aromatic N) is 1. The van der Waals surface area contributed by atoms with Crippen molar-refractivity contribution in [2.45, 2.75) is 39.5 Å². The number of guanidine groups is 1. The van der Waals surface area contributed by atoms with Gasteiger partial charge in [0.15, 0.2) is 5.96 Å². The molecule has 0 aliphatic heterocycles. The summed E-state index contributed by atoms with van der Waals surface area (Å²) in [4.78, 5) is 15.4. The zero-order valence-corrected chi connectivity index (χ0v) is 13.0. The first-order valence-corrected chi connectivity index (χ1v) is 7.41. The normalized spacial score (nSPS) is 11.2. The summed E-state index contributed by atoms with van der Waals surface area (Å²) in [6.07, 6.45) is 3.51. The number of esters is 1. The van der Waals surface area contributed by atoms with Crippen LogP contribution in [-0.4, -0.2) is 51.9 Å². The molecule has 0 fully saturated rings. The van der Waals surface area contributed by atoms with E-state index in [2.05, 4.69) is 27.3 Å². The van der Waals surface area contributed by atoms with Crippen LogP contribution in [0.25, 0.3) is 0 Å². The van der Waals surface area contributed by atoms with Gasteiger partial charge in [-0.2, -0.15) is 0 Å². The molecule has 0 aromatic heterocycles. The van der Waals surface area contributed by atoms with E-state index in [9.17, 15) is 4.79 Å². The summed E-state index contributed by atoms with van der Waals surface area (Å²) in [6, 6.07) is 0. The van der Waals surface area contributed by atoms with Gasteiger partial charge >= 0.3 is 5.97 Å². The Bertz CT molecular complexity index is 270. The van der Waals surface area contributed by atoms with Gasteiger partial charge in [-0.05, 0) is 19.8 Å². The van der Waals surface area contributed by atoms with Gasteiger partial charge in [-0.3, -0.25) is 9.79 Å². The van der Waals surface area contributed by atoms with Crippen molar-refractivity contribution in [2.24, 2.45) is 4.99 Å². The second-order valence-corrected chi connectivity index (χ2v) is 4.33. The predicted octanol–water partition coefficient (Wildman–Crippen LogP) is 1.31. The number of ether oxygens (including phenoxy) is 2. The molecule has 0 radical (unpaired) electrons. The molecular weight excluding hydrogens is 258 g/mol. The summed E-state index contributed by atoms with van der Waals surface area (Å²) in [5, 5.41) is 6.23. The fraction of sp³-hybridized carbons (Fsp3) is 0.857. The molecule has 0 saturated carbocycles. The molecule has 0 unspecified atom stereocenters. The predicted molar refractivity (Wildman–Crippen MR) is 81.0 cm³/mol. The average molecular weight is 287 g/mol. The molecule has 20 heavy (non-hydrogen) atoms. The molecule has 0 aromatic rings. The highest BCUT2D eigenvalue weighted by molar-refractivity contribution is 5.80. The number of carbonyl (C=O) groups is 1. The van der Waals surface area contributed by atoms with E-state index < -0.39 is 0 Å². The monoisotopic (exact) mass is 287 g/mol. The number of carbonyl (C=O) groups excluding carboxylic acids is 1. The Morgan fingerprint density at radius 3 is 2.55 bits per heavy atom. The van der Waals surface area contributed by atoms with Crippen molar-refractivity contribution in [3.63, 3.8) is 0 Å². The third-order valence-electron chi connectivity index (χ3n) is 2.55. The number of nitrogens with one attached hydrogen (secondary N) is 2. The van der Waals surface area contributed by atoms with Gasteiger partial charge in [0, 0.05) is 32.8 Å². The van der Waals surface area contributed by atoms with E-state index in [0.29, 0.717) is 19.5 Å². The first kappa shape index (κ1) is 18.7. The fourth-order valence-corrected chi connectivity index (χ4v) is 1.43. The average Bonchev–Trinajstić information content (AvgIpc) is 2.46. The maximum Gasteiger partial charge on any atom is 0.307 e. The maximum atomic E-state index is 11.0. The molecule has 0 atom stereocenters. The Kier molecular flexibility index (Phi) is 13.2. The molecule has 0 aromatic carbocycles. The molecule has 118 valence electrons. The maximum absolute atomic E-state index is 11.0. The Balaban J connectivity index is 3.75. The molecule has 0 spiro atoms. The van der Waals surface area contributed by atoms with E-state index in [-0.39, 0.29) is 5.97 Å². The lowest BCUT2D eigenvalue weighted by Crippen LogP contribution is -2.38. The summed E-state index contributed by atoms with van der Waals surface area (Å²) in [6.45, 7) is 7.74. The Hall–Kier alpha value is -1.30. The molecule has 6 heteroatoms. The van der Waals surface area contributed by atoms with Crippen LogP contribution in [0.4, 0.5) is 0 Å². The van der Waals surface area contributed by atoms with Gasteiger partial charge in [-0.25, -0.2) is 0 Å². The summed E-state index contributed by atoms with van der Waals surface area (Å²) in [5.74, 6) is 0.502. The minimum atomic E-state index is -0.224. The summed E-state index contributed by atoms with van der Waals surface area (Å²) in [5.41, 5.74) is 0. The Morgan fingerprint density at radius 1 is 1.15 bits per heavy atom. The van der Waals surface area contributed by atoms with E-state index in [4.69, 9.17) is 4.74 Å². The number of rotatable bonds is 11. The highest BCUT2D eigenvalue weighted by Gasteiger charge is 2.01. The van der Waals surface area contributed by atoms with Gasteiger partial charge in [0.1, 0.15) is 0 Å². The van der Waals surface area contributed by atoms with Gasteiger partial charge < -0.3 is 20.1 Å². The molecule has 0 amide bonds. The minimum Gasteiger partial charge on any atom is -0.469 e. The lowest BCUT2D eigenvalue weighted by atomic mass is 10.4. The number of hydrogen-bond acceptors (Lipinski definition) is 4. The van der Waals surface area contributed by atoms with Crippen LogP contribution in [0.1, 0.15) is 39.5 Å². The zero-order chi connectivity index (χ0) is 15.1. The largest absolute Gasteiger partial charge is 0.469 e. The van der Waals surface area contributed by atoms with Crippen LogP contribution >= 0.6 is 0 Å². The van der Waals surface area contributed by atoms with Crippen molar-refractivity contribution in [2.75, 3.05) is 40.0 Å². The van der Waals surface area contributed by atoms with E-state index >= 15 is 0 Å². The highest BCUT2D eigenvalue weighted by Crippen LogP contribution is 1.90. The smallest absolute Gasteiger partial charge is 0.307 e. The second kappa shape index (κ2) is 14.1. The van der Waals surface area contributed by atoms with E-state index in [1.807, 2.05) is 6.92 Å². The Morgan fingerprint density at radius 2 is 1.90 bits per heavy atom. The van der Waals surface area contributed by atoms with E-state index in [0.717, 1.165) is 45.0 Å². The van der Waals surface area contributed by atoms with Gasteiger partial charge in [0.25, 0.3) is 0 Å². The molecule has 0 saturated heterocycles. The van der Waals surface area contributed by atoms with Crippen molar-refractivity contribution < 1.29 is 14.3 Å². The lowest BCUT2D eigenvalue weighted by molar-refractivity contribution is -0.140. The third-order valence-corrected chi connectivity index (χ3v) is 2.55. The van der Waals surface area contributed by atoms with Crippen molar-refractivity contribution in [3.05, 3.63) is 0 Å². The van der Waals surface area contributed by atoms with Gasteiger partial charge in [-0.1, -0.05) is 13.3 Å². The molecule has 6 nitrogen and oxygen atoms in total. The molecule has 0 aliphatic rings. The molecule has 0 rings (SSSR count). The van der Waals surface area contributed by atoms with Crippen molar-refractivity contribution in [3.8, 4) is 0 Å². The van der Waals surface area contributed by atoms with Crippen LogP contribution in [-0.2, 0) is 14.3 Å². The zero-order valence-electron chi connectivity index (χ0n) is 13.0. The number of unbranched alkanes of at least 4 members (excludes halogenated alkanes) is 1. The van der Waals surface area contributed by atoms with Gasteiger partial charge in [0.2, 0.25) is 0 Å². The molecule has 2 N–H and O–H groups in total. The molecular formula is C14H29N3O3. The van der Waals surface area contributed by atoms with E-state index in [1.165, 1.54) is 7.11 Å². The van der Waals surface area contributed by atoms with Crippen LogP contribution in [0.3, 0.4) is 0 Å². The summed E-state index contributed by atoms with van der Waals surface area (Å²) in [7, 11) is 1.39. The van der Waals surface area contributed by atoms with Crippen LogP contribution in [0.2, 0.25) is 0 Å². The topological polar surface area (TPSA) is 72.0 Å². The van der Waals surface area contributed by atoms with Gasteiger partial charge in [-0.15, -0.1) is 0 Å². The van der Waals surface area contributed by atoms with Gasteiger partial charge in [0.05, 0.1) is 13.5 Å². The van der Waals surface area contributed by atoms with Crippen molar-refractivity contribution in [1.82, 2.24) is 10.6 Å². The second-order valence-electron chi connectivity index (χ2n) is 4.33. The molecule has 0 bridgehead atoms. The summed E-state index contributed by atoms with van der Waals surface area (Å²) >= 11 is 0. The number of methoxy groups -OCH3 is 1. The van der Waals surface area contributed by atoms with Crippen LogP contribution in [0.15, 0.2) is 4.99 Å². The first-order valence-electron chi connectivity index (χ1n) is 7.41. The lowest BCUT2D eigenvalue weighted by Gasteiger charge is -2.10. The summed E-state index contributed by atoms with van der Waals surface area (Å²) < 4.78 is 10.1. The first-order chi connectivity index (χ1) is 9.74. The van der Waals surface area contributed by atoms with Crippen LogP contribution < -0.4 is 10.6 Å². The standard InChI is InChI=1S/C14H29N3O3/c1-4-6-11-20-12-7-9-16-14(15-5-2)17-10-8-13(18)19-3/h4-12H2,1-3H3,(H2,15,16,17). The highest BCUT2D eigenvalue weighted by atomic mass is 16.5. The Labute approximate surface area is 122 Å². The van der Waals surface area contributed by atoms with E-state index in [1.54, 1.807) is 0 Å². The minimum absolute atomic E-state index is 0.224. The fourth-order valence-electron chi connectivity index (χ4n) is 1.43. The van der Waals surface area contributed by atoms with Crippen LogP contribution in [0, 0.1) is 0 Å². The molecule has 0 heterocycles. The third kappa shape index (κ3) is 11.8. The van der Waals surface area contributed by atoms with Crippen molar-refractivity contribution in [1.29, 1.82) is 0 Å². The molecule has 0 aliphatic carbocycles. The SMILES string of the molecule is CCCCOCCCN=C(NCC)NCCC(=O)OC.